The van der Waals surface area contributed by atoms with Crippen LogP contribution in [-0.4, -0.2) is 24.5 Å². The van der Waals surface area contributed by atoms with Crippen LogP contribution in [0.5, 0.6) is 0 Å². The highest BCUT2D eigenvalue weighted by molar-refractivity contribution is 7.98. The highest BCUT2D eigenvalue weighted by atomic mass is 32.2. The van der Waals surface area contributed by atoms with Crippen LogP contribution in [0.2, 0.25) is 0 Å². The van der Waals surface area contributed by atoms with Crippen LogP contribution in [0.1, 0.15) is 30.7 Å². The van der Waals surface area contributed by atoms with Crippen LogP contribution in [0.4, 0.5) is 0 Å². The zero-order valence-corrected chi connectivity index (χ0v) is 16.1. The lowest BCUT2D eigenvalue weighted by Gasteiger charge is -2.17. The molecular weight excluding hydrogens is 374 g/mol. The fourth-order valence-electron chi connectivity index (χ4n) is 3.66. The quantitative estimate of drug-likeness (QED) is 0.390. The van der Waals surface area contributed by atoms with Gasteiger partial charge in [-0.05, 0) is 31.4 Å². The van der Waals surface area contributed by atoms with Gasteiger partial charge in [-0.2, -0.15) is 4.68 Å². The summed E-state index contributed by atoms with van der Waals surface area (Å²) in [6.07, 6.45) is 5.75. The minimum atomic E-state index is -0.0904. The lowest BCUT2D eigenvalue weighted by molar-refractivity contribution is 0.414. The summed E-state index contributed by atoms with van der Waals surface area (Å²) in [5, 5.41) is 9.42. The molecule has 2 aromatic rings. The van der Waals surface area contributed by atoms with Crippen LogP contribution in [0.3, 0.4) is 0 Å². The Morgan fingerprint density at radius 2 is 2.00 bits per heavy atom. The van der Waals surface area contributed by atoms with Crippen LogP contribution in [0, 0.1) is 0 Å². The van der Waals surface area contributed by atoms with E-state index < -0.39 is 0 Å². The highest BCUT2D eigenvalue weighted by Gasteiger charge is 2.27. The van der Waals surface area contributed by atoms with E-state index in [-0.39, 0.29) is 5.56 Å². The summed E-state index contributed by atoms with van der Waals surface area (Å²) in [6.45, 7) is 0.870. The van der Waals surface area contributed by atoms with Crippen molar-refractivity contribution in [2.75, 3.05) is 0 Å². The summed E-state index contributed by atoms with van der Waals surface area (Å²) in [7, 11) is 0. The number of hydrogen-bond donors (Lipinski definition) is 0. The van der Waals surface area contributed by atoms with E-state index in [4.69, 9.17) is 9.51 Å². The molecule has 142 valence electrons. The first-order valence-corrected chi connectivity index (χ1v) is 10.4. The van der Waals surface area contributed by atoms with Gasteiger partial charge in [0.1, 0.15) is 11.8 Å². The minimum absolute atomic E-state index is 0.0904. The number of thioether (sulfide) groups is 1. The topological polar surface area (TPSA) is 78.7 Å². The number of fused-ring (bicyclic) bond motifs is 3. The number of rotatable bonds is 4. The average molecular weight is 393 g/mol. The second-order valence-corrected chi connectivity index (χ2v) is 7.78. The van der Waals surface area contributed by atoms with Gasteiger partial charge in [0, 0.05) is 24.1 Å². The second-order valence-electron chi connectivity index (χ2n) is 6.83. The van der Waals surface area contributed by atoms with Crippen molar-refractivity contribution in [2.45, 2.75) is 43.1 Å². The molecule has 0 saturated carbocycles. The molecule has 0 N–H and O–H groups in total. The molecule has 0 radical (unpaired) electrons. The number of hydrogen-bond acceptors (Lipinski definition) is 6. The van der Waals surface area contributed by atoms with Crippen LogP contribution >= 0.6 is 11.8 Å². The van der Waals surface area contributed by atoms with E-state index in [2.05, 4.69) is 14.8 Å². The fraction of sp³-hybridized carbons (Fsp3) is 0.300. The van der Waals surface area contributed by atoms with Gasteiger partial charge in [-0.1, -0.05) is 41.5 Å². The van der Waals surface area contributed by atoms with Gasteiger partial charge >= 0.3 is 0 Å². The monoisotopic (exact) mass is 393 g/mol. The van der Waals surface area contributed by atoms with Crippen LogP contribution < -0.4 is 5.56 Å². The molecule has 4 heterocycles. The van der Waals surface area contributed by atoms with Crippen molar-refractivity contribution < 1.29 is 4.52 Å². The minimum Gasteiger partial charge on any atom is -0.364 e. The Labute approximate surface area is 165 Å². The van der Waals surface area contributed by atoms with E-state index in [0.717, 1.165) is 54.5 Å². The van der Waals surface area contributed by atoms with Crippen LogP contribution in [0.25, 0.3) is 17.1 Å². The Morgan fingerprint density at radius 3 is 2.82 bits per heavy atom. The lowest BCUT2D eigenvalue weighted by atomic mass is 10.1. The average Bonchev–Trinajstić information content (AvgIpc) is 3.28. The standard InChI is InChI=1S/C20H19N5O2S/c26-19-17-16-9-5-2-6-11-24(16)20(28-13-14-10-12-27-23-14)21-18(17)22-25(19)15-7-3-1-4-8-15/h1,3-4,7-8,10,12H,2,5-6,9,11,13H2. The number of benzene rings is 1. The first-order valence-electron chi connectivity index (χ1n) is 9.41. The van der Waals surface area contributed by atoms with E-state index >= 15 is 0 Å². The number of nitrogens with zero attached hydrogens (tertiary/aromatic N) is 5. The first kappa shape index (κ1) is 17.2. The molecule has 5 rings (SSSR count). The molecule has 1 aromatic heterocycles. The maximum absolute atomic E-state index is 13.2. The van der Waals surface area contributed by atoms with E-state index in [0.29, 0.717) is 17.1 Å². The van der Waals surface area contributed by atoms with Crippen molar-refractivity contribution in [3.05, 3.63) is 64.4 Å². The Balaban J connectivity index is 1.65. The molecular formula is C20H19N5O2S. The van der Waals surface area contributed by atoms with Crippen molar-refractivity contribution in [3.8, 4) is 17.1 Å². The molecule has 28 heavy (non-hydrogen) atoms. The Hall–Kier alpha value is -2.87. The SMILES string of the molecule is O=c1c2c3n(c(SCc4ccon4)nc-2nn1-c1ccccc1)CCCCC3. The molecule has 3 aliphatic heterocycles. The smallest absolute Gasteiger partial charge is 0.284 e. The van der Waals surface area contributed by atoms with Crippen LogP contribution in [-0.2, 0) is 18.7 Å². The molecule has 0 bridgehead atoms. The molecule has 0 unspecified atom stereocenters. The zero-order chi connectivity index (χ0) is 18.9. The Bertz CT molecular complexity index is 1120. The van der Waals surface area contributed by atoms with Gasteiger partial charge in [0.05, 0.1) is 11.4 Å². The second kappa shape index (κ2) is 7.27. The molecule has 0 aliphatic carbocycles. The van der Waals surface area contributed by atoms with Crippen molar-refractivity contribution in [1.82, 2.24) is 24.5 Å². The van der Waals surface area contributed by atoms with Crippen molar-refractivity contribution in [3.63, 3.8) is 0 Å². The number of para-hydroxylation sites is 1. The summed E-state index contributed by atoms with van der Waals surface area (Å²) >= 11 is 1.61. The Kier molecular flexibility index (Phi) is 4.48. The van der Waals surface area contributed by atoms with Gasteiger partial charge in [-0.25, -0.2) is 4.98 Å². The largest absolute Gasteiger partial charge is 0.364 e. The van der Waals surface area contributed by atoms with Crippen LogP contribution in [0.15, 0.2) is 57.1 Å². The van der Waals surface area contributed by atoms with Crippen molar-refractivity contribution in [2.24, 2.45) is 0 Å². The van der Waals surface area contributed by atoms with E-state index in [1.54, 1.807) is 18.0 Å². The first-order chi connectivity index (χ1) is 13.8. The lowest BCUT2D eigenvalue weighted by Crippen LogP contribution is -2.19. The van der Waals surface area contributed by atoms with E-state index in [9.17, 15) is 4.79 Å². The molecule has 0 amide bonds. The molecule has 1 aromatic carbocycles. The van der Waals surface area contributed by atoms with Gasteiger partial charge in [0.2, 0.25) is 0 Å². The van der Waals surface area contributed by atoms with Gasteiger partial charge < -0.3 is 9.09 Å². The predicted octanol–water partition coefficient (Wildman–Crippen LogP) is 3.54. The summed E-state index contributed by atoms with van der Waals surface area (Å²) in [5.41, 5.74) is 3.24. The van der Waals surface area contributed by atoms with Gasteiger partial charge in [0.15, 0.2) is 11.0 Å². The van der Waals surface area contributed by atoms with Crippen molar-refractivity contribution >= 4 is 11.8 Å². The summed E-state index contributed by atoms with van der Waals surface area (Å²) in [4.78, 5) is 18.0. The number of aromatic nitrogens is 5. The molecule has 0 spiro atoms. The normalized spacial score (nSPS) is 14.1. The van der Waals surface area contributed by atoms with Gasteiger partial charge in [-0.15, -0.1) is 5.10 Å². The molecule has 8 heteroatoms. The van der Waals surface area contributed by atoms with Crippen molar-refractivity contribution in [1.29, 1.82) is 0 Å². The third-order valence-corrected chi connectivity index (χ3v) is 6.02. The molecule has 0 atom stereocenters. The molecule has 0 fully saturated rings. The van der Waals surface area contributed by atoms with Gasteiger partial charge in [0.25, 0.3) is 5.56 Å². The van der Waals surface area contributed by atoms with E-state index in [1.807, 2.05) is 36.4 Å². The molecule has 3 aliphatic rings. The molecule has 0 saturated heterocycles. The molecule has 7 nitrogen and oxygen atoms in total. The predicted molar refractivity (Wildman–Crippen MR) is 106 cm³/mol. The highest BCUT2D eigenvalue weighted by Crippen LogP contribution is 2.31. The van der Waals surface area contributed by atoms with E-state index in [1.165, 1.54) is 4.68 Å². The fourth-order valence-corrected chi connectivity index (χ4v) is 4.59. The summed E-state index contributed by atoms with van der Waals surface area (Å²) in [6, 6.07) is 11.4. The maximum Gasteiger partial charge on any atom is 0.284 e. The summed E-state index contributed by atoms with van der Waals surface area (Å²) < 4.78 is 8.60. The zero-order valence-electron chi connectivity index (χ0n) is 15.2. The maximum atomic E-state index is 13.2. The summed E-state index contributed by atoms with van der Waals surface area (Å²) in [5.74, 6) is 1.18. The Morgan fingerprint density at radius 1 is 1.11 bits per heavy atom. The third-order valence-electron chi connectivity index (χ3n) is 5.01. The van der Waals surface area contributed by atoms with Gasteiger partial charge in [-0.3, -0.25) is 4.79 Å². The third kappa shape index (κ3) is 3.03.